The van der Waals surface area contributed by atoms with Gasteiger partial charge in [-0.15, -0.1) is 0 Å². The zero-order chi connectivity index (χ0) is 17.4. The van der Waals surface area contributed by atoms with Crippen molar-refractivity contribution in [2.75, 3.05) is 32.1 Å². The maximum Gasteiger partial charge on any atom is 0.0496 e. The molecule has 2 aromatic rings. The molecular weight excluding hydrogens is 306 g/mol. The molecular formula is C22H25N3. The van der Waals surface area contributed by atoms with E-state index in [1.165, 1.54) is 33.5 Å². The predicted octanol–water partition coefficient (Wildman–Crippen LogP) is 3.90. The molecule has 3 nitrogen and oxygen atoms in total. The second kappa shape index (κ2) is 6.51. The Morgan fingerprint density at radius 3 is 2.48 bits per heavy atom. The van der Waals surface area contributed by atoms with E-state index in [0.29, 0.717) is 0 Å². The summed E-state index contributed by atoms with van der Waals surface area (Å²) in [5, 5.41) is 0. The lowest BCUT2D eigenvalue weighted by atomic mass is 9.80. The minimum Gasteiger partial charge on any atom is -0.347 e. The number of nitrogens with zero attached hydrogens (tertiary/aromatic N) is 2. The van der Waals surface area contributed by atoms with E-state index in [1.807, 2.05) is 0 Å². The molecule has 0 radical (unpaired) electrons. The van der Waals surface area contributed by atoms with Crippen LogP contribution in [-0.4, -0.2) is 32.1 Å². The van der Waals surface area contributed by atoms with E-state index in [4.69, 9.17) is 5.73 Å². The van der Waals surface area contributed by atoms with Crippen LogP contribution in [0.1, 0.15) is 29.2 Å². The maximum atomic E-state index is 6.44. The lowest BCUT2D eigenvalue weighted by Crippen LogP contribution is -2.27. The number of allylic oxidation sites excluding steroid dienone is 2. The van der Waals surface area contributed by atoms with Crippen LogP contribution in [0.4, 0.5) is 5.69 Å². The first-order valence-electron chi connectivity index (χ1n) is 8.95. The average Bonchev–Trinajstić information content (AvgIpc) is 2.62. The Bertz CT molecular complexity index is 848. The van der Waals surface area contributed by atoms with Gasteiger partial charge in [0.05, 0.1) is 0 Å². The molecule has 3 heteroatoms. The Kier molecular flexibility index (Phi) is 4.20. The van der Waals surface area contributed by atoms with Crippen LogP contribution < -0.4 is 10.6 Å². The van der Waals surface area contributed by atoms with Crippen LogP contribution in [0.3, 0.4) is 0 Å². The van der Waals surface area contributed by atoms with E-state index in [1.54, 1.807) is 0 Å². The first kappa shape index (κ1) is 16.1. The van der Waals surface area contributed by atoms with Gasteiger partial charge in [0, 0.05) is 35.6 Å². The number of rotatable bonds is 4. The van der Waals surface area contributed by atoms with Crippen molar-refractivity contribution in [2.45, 2.75) is 12.5 Å². The molecule has 2 aliphatic rings. The van der Waals surface area contributed by atoms with Gasteiger partial charge in [-0.1, -0.05) is 48.5 Å². The van der Waals surface area contributed by atoms with E-state index in [9.17, 15) is 0 Å². The molecule has 25 heavy (non-hydrogen) atoms. The average molecular weight is 331 g/mol. The van der Waals surface area contributed by atoms with Gasteiger partial charge < -0.3 is 15.5 Å². The molecule has 0 fully saturated rings. The van der Waals surface area contributed by atoms with E-state index in [2.05, 4.69) is 84.7 Å². The van der Waals surface area contributed by atoms with Gasteiger partial charge in [0.1, 0.15) is 0 Å². The molecule has 2 N–H and O–H groups in total. The van der Waals surface area contributed by atoms with Crippen LogP contribution in [0.2, 0.25) is 0 Å². The molecule has 1 heterocycles. The molecule has 1 aliphatic heterocycles. The fourth-order valence-electron chi connectivity index (χ4n) is 3.83. The summed E-state index contributed by atoms with van der Waals surface area (Å²) in [6.07, 6.45) is 5.66. The second-order valence-electron chi connectivity index (χ2n) is 7.10. The number of hydrogen-bond donors (Lipinski definition) is 1. The highest BCUT2D eigenvalue weighted by Crippen LogP contribution is 2.46. The molecule has 0 spiro atoms. The molecule has 0 saturated heterocycles. The Morgan fingerprint density at radius 1 is 0.960 bits per heavy atom. The summed E-state index contributed by atoms with van der Waals surface area (Å²) in [6.45, 7) is 2.10. The van der Waals surface area contributed by atoms with E-state index >= 15 is 0 Å². The van der Waals surface area contributed by atoms with Gasteiger partial charge >= 0.3 is 0 Å². The van der Waals surface area contributed by atoms with Gasteiger partial charge in [-0.2, -0.15) is 0 Å². The van der Waals surface area contributed by atoms with Crippen molar-refractivity contribution in [1.82, 2.24) is 4.90 Å². The highest BCUT2D eigenvalue weighted by Gasteiger charge is 2.28. The number of fused-ring (bicyclic) bond motifs is 5. The summed E-state index contributed by atoms with van der Waals surface area (Å²) >= 11 is 0. The first-order valence-corrected chi connectivity index (χ1v) is 8.95. The molecule has 0 bridgehead atoms. The van der Waals surface area contributed by atoms with Gasteiger partial charge in [-0.05, 0) is 49.8 Å². The normalized spacial score (nSPS) is 18.2. The summed E-state index contributed by atoms with van der Waals surface area (Å²) in [5.74, 6) is 0. The molecule has 128 valence electrons. The smallest absolute Gasteiger partial charge is 0.0496 e. The highest BCUT2D eigenvalue weighted by molar-refractivity contribution is 6.12. The van der Waals surface area contributed by atoms with Crippen LogP contribution in [0, 0.1) is 0 Å². The highest BCUT2D eigenvalue weighted by atomic mass is 15.1. The number of hydrogen-bond acceptors (Lipinski definition) is 3. The molecule has 0 aromatic heterocycles. The van der Waals surface area contributed by atoms with Crippen LogP contribution in [0.5, 0.6) is 0 Å². The third-order valence-electron chi connectivity index (χ3n) is 5.04. The van der Waals surface area contributed by atoms with Crippen molar-refractivity contribution in [3.05, 3.63) is 77.5 Å². The van der Waals surface area contributed by atoms with Crippen molar-refractivity contribution >= 4 is 16.8 Å². The summed E-state index contributed by atoms with van der Waals surface area (Å²) in [4.78, 5) is 4.64. The topological polar surface area (TPSA) is 32.5 Å². The summed E-state index contributed by atoms with van der Waals surface area (Å²) in [7, 11) is 4.25. The summed E-state index contributed by atoms with van der Waals surface area (Å²) in [6, 6.07) is 17.1. The van der Waals surface area contributed by atoms with Gasteiger partial charge in [-0.3, -0.25) is 0 Å². The summed E-state index contributed by atoms with van der Waals surface area (Å²) in [5.41, 5.74) is 14.0. The van der Waals surface area contributed by atoms with Crippen molar-refractivity contribution < 1.29 is 0 Å². The van der Waals surface area contributed by atoms with Crippen LogP contribution in [0.25, 0.3) is 11.1 Å². The zero-order valence-corrected chi connectivity index (χ0v) is 14.9. The summed E-state index contributed by atoms with van der Waals surface area (Å²) < 4.78 is 0. The van der Waals surface area contributed by atoms with E-state index < -0.39 is 0 Å². The fraction of sp³-hybridized carbons (Fsp3) is 0.273. The largest absolute Gasteiger partial charge is 0.347 e. The van der Waals surface area contributed by atoms with Crippen LogP contribution >= 0.6 is 0 Å². The van der Waals surface area contributed by atoms with E-state index in [-0.39, 0.29) is 6.04 Å². The number of nitrogens with two attached hydrogens (primary N) is 1. The number of para-hydroxylation sites is 1. The van der Waals surface area contributed by atoms with Crippen LogP contribution in [0.15, 0.2) is 60.8 Å². The monoisotopic (exact) mass is 331 g/mol. The molecule has 1 atom stereocenters. The Morgan fingerprint density at radius 2 is 1.68 bits per heavy atom. The van der Waals surface area contributed by atoms with Gasteiger partial charge in [0.25, 0.3) is 0 Å². The van der Waals surface area contributed by atoms with Crippen LogP contribution in [-0.2, 0) is 0 Å². The molecule has 1 unspecified atom stereocenters. The minimum absolute atomic E-state index is 0.0447. The minimum atomic E-state index is -0.0447. The van der Waals surface area contributed by atoms with Crippen molar-refractivity contribution in [3.63, 3.8) is 0 Å². The molecule has 0 amide bonds. The third-order valence-corrected chi connectivity index (χ3v) is 5.04. The SMILES string of the molecule is CN(C)CCCN1C=C2C(=CC(N)c3ccccc32)c2ccccc21. The molecule has 2 aromatic carbocycles. The molecule has 0 saturated carbocycles. The van der Waals surface area contributed by atoms with Gasteiger partial charge in [0.15, 0.2) is 0 Å². The second-order valence-corrected chi connectivity index (χ2v) is 7.10. The lowest BCUT2D eigenvalue weighted by Gasteiger charge is -2.35. The predicted molar refractivity (Wildman–Crippen MR) is 106 cm³/mol. The van der Waals surface area contributed by atoms with E-state index in [0.717, 1.165) is 19.5 Å². The maximum absolute atomic E-state index is 6.44. The quantitative estimate of drug-likeness (QED) is 0.922. The number of anilines is 1. The van der Waals surface area contributed by atoms with Crippen molar-refractivity contribution in [1.29, 1.82) is 0 Å². The molecule has 4 rings (SSSR count). The fourth-order valence-corrected chi connectivity index (χ4v) is 3.83. The Balaban J connectivity index is 1.78. The van der Waals surface area contributed by atoms with Crippen molar-refractivity contribution in [3.8, 4) is 0 Å². The third kappa shape index (κ3) is 2.90. The Hall–Kier alpha value is -2.36. The number of benzene rings is 2. The standard InChI is InChI=1S/C22H25N3/c1-24(2)12-7-13-25-15-20-16-8-3-4-9-17(16)21(23)14-19(20)18-10-5-6-11-22(18)25/h3-6,8-11,14-15,21H,7,12-13,23H2,1-2H3. The Labute approximate surface area is 150 Å². The first-order chi connectivity index (χ1) is 12.1. The van der Waals surface area contributed by atoms with Gasteiger partial charge in [0.2, 0.25) is 0 Å². The zero-order valence-electron chi connectivity index (χ0n) is 14.9. The molecule has 1 aliphatic carbocycles. The van der Waals surface area contributed by atoms with Gasteiger partial charge in [-0.25, -0.2) is 0 Å². The van der Waals surface area contributed by atoms with Crippen molar-refractivity contribution in [2.24, 2.45) is 5.73 Å². The lowest BCUT2D eigenvalue weighted by molar-refractivity contribution is 0.402.